The second-order valence-electron chi connectivity index (χ2n) is 1.70. The fourth-order valence-corrected chi connectivity index (χ4v) is 1.03. The summed E-state index contributed by atoms with van der Waals surface area (Å²) >= 11 is 0. The minimum absolute atomic E-state index is 1.15. The molecule has 1 aromatic rings. The predicted molar refractivity (Wildman–Crippen MR) is 41.8 cm³/mol. The zero-order valence-corrected chi connectivity index (χ0v) is 6.96. The Balaban J connectivity index is 2.83. The minimum atomic E-state index is 1.15. The van der Waals surface area contributed by atoms with E-state index in [0.29, 0.717) is 0 Å². The van der Waals surface area contributed by atoms with Crippen LogP contribution in [-0.2, 0) is 0 Å². The molecule has 0 aliphatic carbocycles. The standard InChI is InChI=1S/C6H8BSi/c8-7-6-4-2-1-3-5-6/h1-5H,8H3. The van der Waals surface area contributed by atoms with Crippen LogP contribution in [0.1, 0.15) is 0 Å². The number of benzene rings is 1. The van der Waals surface area contributed by atoms with Gasteiger partial charge >= 0.3 is 0 Å². The van der Waals surface area contributed by atoms with Crippen molar-refractivity contribution in [3.8, 4) is 0 Å². The molecule has 0 nitrogen and oxygen atoms in total. The second-order valence-corrected chi connectivity index (χ2v) is 2.28. The summed E-state index contributed by atoms with van der Waals surface area (Å²) in [6.07, 6.45) is 0. The summed E-state index contributed by atoms with van der Waals surface area (Å²) in [7, 11) is 1.15. The summed E-state index contributed by atoms with van der Waals surface area (Å²) in [5.74, 6) is 0. The normalized spacial score (nSPS) is 9.00. The Bertz CT molecular complexity index is 150. The van der Waals surface area contributed by atoms with Crippen molar-refractivity contribution < 1.29 is 0 Å². The van der Waals surface area contributed by atoms with Crippen LogP contribution in [0.15, 0.2) is 30.3 Å². The van der Waals surface area contributed by atoms with Gasteiger partial charge in [-0.15, -0.1) is 0 Å². The average molecular weight is 119 g/mol. The summed E-state index contributed by atoms with van der Waals surface area (Å²) in [6.45, 7) is 2.22. The van der Waals surface area contributed by atoms with Crippen molar-refractivity contribution in [2.75, 3.05) is 0 Å². The average Bonchev–Trinajstić information content (AvgIpc) is 1.90. The van der Waals surface area contributed by atoms with Gasteiger partial charge in [0.1, 0.15) is 6.87 Å². The third-order valence-corrected chi connectivity index (χ3v) is 1.80. The van der Waals surface area contributed by atoms with Gasteiger partial charge in [0.15, 0.2) is 0 Å². The van der Waals surface area contributed by atoms with Gasteiger partial charge in [-0.05, 0) is 10.1 Å². The van der Waals surface area contributed by atoms with Gasteiger partial charge < -0.3 is 0 Å². The van der Waals surface area contributed by atoms with Gasteiger partial charge in [-0.1, -0.05) is 35.8 Å². The van der Waals surface area contributed by atoms with E-state index in [1.54, 1.807) is 0 Å². The van der Waals surface area contributed by atoms with Gasteiger partial charge in [0.05, 0.1) is 0 Å². The maximum absolute atomic E-state index is 2.22. The van der Waals surface area contributed by atoms with E-state index < -0.39 is 0 Å². The lowest BCUT2D eigenvalue weighted by molar-refractivity contribution is 1.77. The van der Waals surface area contributed by atoms with Crippen molar-refractivity contribution in [1.82, 2.24) is 0 Å². The molecule has 0 fully saturated rings. The number of hydrogen-bond donors (Lipinski definition) is 0. The van der Waals surface area contributed by atoms with E-state index in [1.165, 1.54) is 5.46 Å². The van der Waals surface area contributed by atoms with E-state index in [4.69, 9.17) is 0 Å². The highest BCUT2D eigenvalue weighted by molar-refractivity contribution is 6.97. The van der Waals surface area contributed by atoms with Crippen molar-refractivity contribution in [1.29, 1.82) is 0 Å². The van der Waals surface area contributed by atoms with Gasteiger partial charge in [0, 0.05) is 0 Å². The first kappa shape index (κ1) is 5.64. The molecule has 1 aromatic carbocycles. The Morgan fingerprint density at radius 3 is 2.12 bits per heavy atom. The summed E-state index contributed by atoms with van der Waals surface area (Å²) in [6, 6.07) is 10.4. The van der Waals surface area contributed by atoms with Gasteiger partial charge in [0.2, 0.25) is 0 Å². The highest BCUT2D eigenvalue weighted by Crippen LogP contribution is 1.78. The summed E-state index contributed by atoms with van der Waals surface area (Å²) in [5, 5.41) is 0. The Hall–Kier alpha value is -0.498. The van der Waals surface area contributed by atoms with Crippen LogP contribution < -0.4 is 5.46 Å². The van der Waals surface area contributed by atoms with Crippen molar-refractivity contribution in [2.24, 2.45) is 0 Å². The van der Waals surface area contributed by atoms with Crippen molar-refractivity contribution >= 4 is 22.4 Å². The lowest BCUT2D eigenvalue weighted by Gasteiger charge is -1.88. The fourth-order valence-electron chi connectivity index (χ4n) is 0.645. The van der Waals surface area contributed by atoms with Gasteiger partial charge in [-0.2, -0.15) is 0 Å². The summed E-state index contributed by atoms with van der Waals surface area (Å²) < 4.78 is 0. The minimum Gasteiger partial charge on any atom is -0.0919 e. The van der Waals surface area contributed by atoms with Crippen LogP contribution in [0, 0.1) is 0 Å². The quantitative estimate of drug-likeness (QED) is 0.428. The highest BCUT2D eigenvalue weighted by atomic mass is 28.1. The van der Waals surface area contributed by atoms with Crippen LogP contribution in [0.2, 0.25) is 0 Å². The molecule has 39 valence electrons. The van der Waals surface area contributed by atoms with Crippen LogP contribution >= 0.6 is 0 Å². The molecule has 0 bridgehead atoms. The highest BCUT2D eigenvalue weighted by Gasteiger charge is 1.82. The number of rotatable bonds is 1. The Kier molecular flexibility index (Phi) is 1.92. The predicted octanol–water partition coefficient (Wildman–Crippen LogP) is -0.704. The first-order chi connectivity index (χ1) is 3.93. The van der Waals surface area contributed by atoms with Crippen LogP contribution in [0.25, 0.3) is 0 Å². The molecule has 0 aliphatic rings. The summed E-state index contributed by atoms with van der Waals surface area (Å²) in [4.78, 5) is 0. The molecule has 0 heterocycles. The van der Waals surface area contributed by atoms with Crippen LogP contribution in [0.5, 0.6) is 0 Å². The SMILES string of the molecule is [SiH3][B]c1ccccc1. The Morgan fingerprint density at radius 2 is 1.75 bits per heavy atom. The van der Waals surface area contributed by atoms with Crippen LogP contribution in [-0.4, -0.2) is 17.0 Å². The topological polar surface area (TPSA) is 0 Å². The molecule has 0 saturated carbocycles. The smallest absolute Gasteiger partial charge is 0.0919 e. The molecular weight excluding hydrogens is 111 g/mol. The molecule has 0 aliphatic heterocycles. The van der Waals surface area contributed by atoms with Gasteiger partial charge in [-0.25, -0.2) is 0 Å². The van der Waals surface area contributed by atoms with Crippen molar-refractivity contribution in [3.63, 3.8) is 0 Å². The zero-order chi connectivity index (χ0) is 5.82. The zero-order valence-electron chi connectivity index (χ0n) is 4.96. The molecule has 0 N–H and O–H groups in total. The second kappa shape index (κ2) is 2.72. The molecule has 1 rings (SSSR count). The first-order valence-electron chi connectivity index (χ1n) is 2.78. The lowest BCUT2D eigenvalue weighted by atomic mass is 9.95. The molecule has 8 heavy (non-hydrogen) atoms. The lowest BCUT2D eigenvalue weighted by Crippen LogP contribution is -2.12. The molecule has 0 unspecified atom stereocenters. The third-order valence-electron chi connectivity index (χ3n) is 1.13. The van der Waals surface area contributed by atoms with Gasteiger partial charge in [-0.3, -0.25) is 0 Å². The Labute approximate surface area is 53.5 Å². The van der Waals surface area contributed by atoms with E-state index in [1.807, 2.05) is 6.07 Å². The molecule has 0 saturated heterocycles. The molecule has 0 atom stereocenters. The summed E-state index contributed by atoms with van der Waals surface area (Å²) in [5.41, 5.74) is 1.35. The monoisotopic (exact) mass is 119 g/mol. The molecule has 0 aromatic heterocycles. The van der Waals surface area contributed by atoms with E-state index in [-0.39, 0.29) is 0 Å². The first-order valence-corrected chi connectivity index (χ1v) is 3.93. The molecule has 0 amide bonds. The van der Waals surface area contributed by atoms with E-state index in [0.717, 1.165) is 10.1 Å². The molecule has 0 spiro atoms. The van der Waals surface area contributed by atoms with Gasteiger partial charge in [0.25, 0.3) is 0 Å². The largest absolute Gasteiger partial charge is 0.132 e. The van der Waals surface area contributed by atoms with Crippen LogP contribution in [0.3, 0.4) is 0 Å². The molecule has 2 heteroatoms. The fraction of sp³-hybridized carbons (Fsp3) is 0. The van der Waals surface area contributed by atoms with Crippen LogP contribution in [0.4, 0.5) is 0 Å². The van der Waals surface area contributed by atoms with E-state index in [2.05, 4.69) is 31.1 Å². The Morgan fingerprint density at radius 1 is 1.12 bits per heavy atom. The van der Waals surface area contributed by atoms with E-state index >= 15 is 0 Å². The molecular formula is C6H8BSi. The van der Waals surface area contributed by atoms with E-state index in [9.17, 15) is 0 Å². The molecule has 1 radical (unpaired) electrons. The maximum atomic E-state index is 2.22. The third kappa shape index (κ3) is 1.24. The van der Waals surface area contributed by atoms with Crippen molar-refractivity contribution in [2.45, 2.75) is 0 Å². The maximum Gasteiger partial charge on any atom is 0.132 e. The van der Waals surface area contributed by atoms with Crippen molar-refractivity contribution in [3.05, 3.63) is 30.3 Å². The number of hydrogen-bond acceptors (Lipinski definition) is 0.